The van der Waals surface area contributed by atoms with E-state index in [1.807, 2.05) is 20.8 Å². The van der Waals surface area contributed by atoms with E-state index >= 15 is 0 Å². The van der Waals surface area contributed by atoms with Gasteiger partial charge in [-0.2, -0.15) is 0 Å². The molecular formula is C26H38N2O5Si. The molecule has 3 rings (SSSR count). The summed E-state index contributed by atoms with van der Waals surface area (Å²) < 4.78 is 12.3. The minimum absolute atomic E-state index is 0.0268. The molecule has 7 nitrogen and oxygen atoms in total. The Morgan fingerprint density at radius 3 is 2.06 bits per heavy atom. The van der Waals surface area contributed by atoms with E-state index in [2.05, 4.69) is 40.4 Å². The molecule has 2 aliphatic rings. The van der Waals surface area contributed by atoms with Gasteiger partial charge >= 0.3 is 6.09 Å². The highest BCUT2D eigenvalue weighted by Gasteiger charge is 2.46. The third kappa shape index (κ3) is 5.28. The highest BCUT2D eigenvalue weighted by Crippen LogP contribution is 2.40. The van der Waals surface area contributed by atoms with Gasteiger partial charge in [0.25, 0.3) is 11.8 Å². The first kappa shape index (κ1) is 26.2. The normalized spacial score (nSPS) is 21.2. The number of ether oxygens (including phenoxy) is 1. The summed E-state index contributed by atoms with van der Waals surface area (Å²) in [6.07, 6.45) is -0.0620. The van der Waals surface area contributed by atoms with Crippen molar-refractivity contribution >= 4 is 26.2 Å². The highest BCUT2D eigenvalue weighted by molar-refractivity contribution is 6.74. The summed E-state index contributed by atoms with van der Waals surface area (Å²) in [7, 11) is -2.07. The highest BCUT2D eigenvalue weighted by atomic mass is 28.4. The summed E-state index contributed by atoms with van der Waals surface area (Å²) in [5, 5.41) is 0.0268. The molecule has 1 fully saturated rings. The molecule has 0 bridgehead atoms. The third-order valence-electron chi connectivity index (χ3n) is 6.87. The van der Waals surface area contributed by atoms with Crippen molar-refractivity contribution < 1.29 is 23.5 Å². The Bertz CT molecular complexity index is 970. The van der Waals surface area contributed by atoms with E-state index in [1.165, 1.54) is 4.90 Å². The molecule has 0 aromatic heterocycles. The number of fused-ring (bicyclic) bond motifs is 1. The van der Waals surface area contributed by atoms with Crippen LogP contribution in [0.25, 0.3) is 0 Å². The fourth-order valence-electron chi connectivity index (χ4n) is 4.08. The summed E-state index contributed by atoms with van der Waals surface area (Å²) in [6.45, 7) is 21.0. The molecule has 1 aromatic rings. The van der Waals surface area contributed by atoms with E-state index in [0.29, 0.717) is 29.7 Å². The summed E-state index contributed by atoms with van der Waals surface area (Å²) in [5.41, 5.74) is 0.760. The first-order valence-corrected chi connectivity index (χ1v) is 14.7. The van der Waals surface area contributed by atoms with Gasteiger partial charge in [-0.3, -0.25) is 19.4 Å². The zero-order valence-electron chi connectivity index (χ0n) is 21.7. The Balaban J connectivity index is 1.81. The Kier molecular flexibility index (Phi) is 6.90. The Labute approximate surface area is 204 Å². The Hall–Kier alpha value is -2.45. The van der Waals surface area contributed by atoms with Crippen molar-refractivity contribution in [1.29, 1.82) is 0 Å². The molecular weight excluding hydrogens is 448 g/mol. The molecule has 3 amide bonds. The molecule has 0 aliphatic carbocycles. The number of amides is 3. The van der Waals surface area contributed by atoms with Crippen LogP contribution >= 0.6 is 0 Å². The monoisotopic (exact) mass is 486 g/mol. The van der Waals surface area contributed by atoms with E-state index in [-0.39, 0.29) is 29.5 Å². The van der Waals surface area contributed by atoms with Gasteiger partial charge in [0.1, 0.15) is 5.60 Å². The van der Waals surface area contributed by atoms with E-state index in [9.17, 15) is 14.4 Å². The second kappa shape index (κ2) is 8.96. The molecule has 2 heterocycles. The topological polar surface area (TPSA) is 76.2 Å². The maximum absolute atomic E-state index is 13.1. The van der Waals surface area contributed by atoms with Crippen LogP contribution in [0.2, 0.25) is 18.1 Å². The number of hydrogen-bond acceptors (Lipinski definition) is 5. The summed E-state index contributed by atoms with van der Waals surface area (Å²) in [6, 6.07) is 6.40. The summed E-state index contributed by atoms with van der Waals surface area (Å²) in [4.78, 5) is 41.7. The molecule has 8 heteroatoms. The lowest BCUT2D eigenvalue weighted by molar-refractivity contribution is 0.0229. The van der Waals surface area contributed by atoms with Crippen molar-refractivity contribution in [2.45, 2.75) is 83.8 Å². The molecule has 2 atom stereocenters. The number of carbonyl (C=O) groups excluding carboxylic acids is 3. The SMILES string of the molecule is C=C(CN1C(=O)c2ccccc2C1=O)C1CC(O[Si](C)(C)C(C)(C)C)CN1C(=O)OC(C)(C)C. The lowest BCUT2D eigenvalue weighted by atomic mass is 10.1. The fraction of sp³-hybridized carbons (Fsp3) is 0.577. The minimum atomic E-state index is -2.07. The van der Waals surface area contributed by atoms with Crippen molar-refractivity contribution in [3.8, 4) is 0 Å². The number of imide groups is 1. The van der Waals surface area contributed by atoms with Gasteiger partial charge in [0, 0.05) is 6.54 Å². The van der Waals surface area contributed by atoms with Crippen LogP contribution in [0.1, 0.15) is 68.7 Å². The van der Waals surface area contributed by atoms with Crippen LogP contribution in [0.4, 0.5) is 4.79 Å². The Morgan fingerprint density at radius 2 is 1.59 bits per heavy atom. The molecule has 0 radical (unpaired) electrons. The van der Waals surface area contributed by atoms with Crippen LogP contribution in [0.15, 0.2) is 36.4 Å². The van der Waals surface area contributed by atoms with Gasteiger partial charge in [0.05, 0.1) is 29.8 Å². The fourth-order valence-corrected chi connectivity index (χ4v) is 5.43. The van der Waals surface area contributed by atoms with Gasteiger partial charge in [-0.25, -0.2) is 4.79 Å². The number of likely N-dealkylation sites (tertiary alicyclic amines) is 1. The predicted molar refractivity (Wildman–Crippen MR) is 134 cm³/mol. The second-order valence-corrected chi connectivity index (χ2v) is 16.5. The minimum Gasteiger partial charge on any atom is -0.444 e. The largest absolute Gasteiger partial charge is 0.444 e. The zero-order chi connectivity index (χ0) is 25.6. The van der Waals surface area contributed by atoms with Crippen molar-refractivity contribution in [2.24, 2.45) is 0 Å². The molecule has 0 spiro atoms. The molecule has 1 aromatic carbocycles. The predicted octanol–water partition coefficient (Wildman–Crippen LogP) is 5.24. The first-order valence-electron chi connectivity index (χ1n) is 11.8. The van der Waals surface area contributed by atoms with Gasteiger partial charge < -0.3 is 9.16 Å². The maximum Gasteiger partial charge on any atom is 0.410 e. The van der Waals surface area contributed by atoms with E-state index in [0.717, 1.165) is 0 Å². The third-order valence-corrected chi connectivity index (χ3v) is 11.4. The van der Waals surface area contributed by atoms with Crippen molar-refractivity contribution in [3.63, 3.8) is 0 Å². The lowest BCUT2D eigenvalue weighted by Crippen LogP contribution is -2.45. The van der Waals surface area contributed by atoms with Gasteiger partial charge in [0.2, 0.25) is 0 Å². The number of benzene rings is 1. The zero-order valence-corrected chi connectivity index (χ0v) is 22.7. The van der Waals surface area contributed by atoms with Crippen molar-refractivity contribution in [3.05, 3.63) is 47.5 Å². The van der Waals surface area contributed by atoms with Crippen LogP contribution in [0, 0.1) is 0 Å². The van der Waals surface area contributed by atoms with Crippen LogP contribution in [0.3, 0.4) is 0 Å². The molecule has 2 unspecified atom stereocenters. The standard InChI is InChI=1S/C26H38N2O5Si/c1-17(15-28-22(29)19-12-10-11-13-20(19)23(28)30)21-14-18(33-34(8,9)26(5,6)7)16-27(21)24(31)32-25(2,3)4/h10-13,18,21H,1,14-16H2,2-9H3. The lowest BCUT2D eigenvalue weighted by Gasteiger charge is -2.38. The van der Waals surface area contributed by atoms with Crippen LogP contribution < -0.4 is 0 Å². The van der Waals surface area contributed by atoms with Gasteiger partial charge in [-0.1, -0.05) is 39.5 Å². The number of rotatable bonds is 5. The van der Waals surface area contributed by atoms with Gasteiger partial charge in [-0.05, 0) is 63.0 Å². The van der Waals surface area contributed by atoms with Crippen LogP contribution in [-0.2, 0) is 9.16 Å². The second-order valence-electron chi connectivity index (χ2n) is 11.8. The molecule has 34 heavy (non-hydrogen) atoms. The molecule has 186 valence electrons. The van der Waals surface area contributed by atoms with Crippen LogP contribution in [-0.4, -0.2) is 66.9 Å². The summed E-state index contributed by atoms with van der Waals surface area (Å²) in [5.74, 6) is -0.671. The molecule has 0 N–H and O–H groups in total. The number of hydrogen-bond donors (Lipinski definition) is 0. The van der Waals surface area contributed by atoms with E-state index < -0.39 is 26.1 Å². The molecule has 0 saturated carbocycles. The van der Waals surface area contributed by atoms with Crippen molar-refractivity contribution in [2.75, 3.05) is 13.1 Å². The average molecular weight is 487 g/mol. The van der Waals surface area contributed by atoms with Gasteiger partial charge in [-0.15, -0.1) is 0 Å². The number of carbonyl (C=O) groups is 3. The van der Waals surface area contributed by atoms with Gasteiger partial charge in [0.15, 0.2) is 8.32 Å². The quantitative estimate of drug-likeness (QED) is 0.323. The maximum atomic E-state index is 13.1. The first-order chi connectivity index (χ1) is 15.5. The molecule has 2 aliphatic heterocycles. The van der Waals surface area contributed by atoms with Crippen molar-refractivity contribution in [1.82, 2.24) is 9.80 Å². The average Bonchev–Trinajstić information content (AvgIpc) is 3.21. The smallest absolute Gasteiger partial charge is 0.410 e. The Morgan fingerprint density at radius 1 is 1.06 bits per heavy atom. The number of nitrogens with zero attached hydrogens (tertiary/aromatic N) is 2. The molecule has 1 saturated heterocycles. The van der Waals surface area contributed by atoms with Crippen LogP contribution in [0.5, 0.6) is 0 Å². The summed E-state index contributed by atoms with van der Waals surface area (Å²) >= 11 is 0. The van der Waals surface area contributed by atoms with E-state index in [1.54, 1.807) is 29.2 Å². The van der Waals surface area contributed by atoms with E-state index in [4.69, 9.17) is 9.16 Å².